The van der Waals surface area contributed by atoms with Crippen molar-refractivity contribution in [1.29, 1.82) is 0 Å². The fourth-order valence-corrected chi connectivity index (χ4v) is 1.98. The standard InChI is InChI=1S/C13H21NO3/c15-12(7-4-8-13(16)17)14-10-9-11-5-2-1-3-6-11/h5H,1-4,6-10H2,(H,14,15)(H,16,17). The highest BCUT2D eigenvalue weighted by Crippen LogP contribution is 2.19. The Morgan fingerprint density at radius 3 is 2.76 bits per heavy atom. The molecule has 0 radical (unpaired) electrons. The normalized spacial score (nSPS) is 15.2. The molecule has 0 saturated heterocycles. The Morgan fingerprint density at radius 1 is 1.29 bits per heavy atom. The van der Waals surface area contributed by atoms with Gasteiger partial charge in [-0.3, -0.25) is 9.59 Å². The van der Waals surface area contributed by atoms with E-state index in [2.05, 4.69) is 11.4 Å². The first-order chi connectivity index (χ1) is 8.18. The van der Waals surface area contributed by atoms with Crippen molar-refractivity contribution in [1.82, 2.24) is 5.32 Å². The molecule has 0 fully saturated rings. The summed E-state index contributed by atoms with van der Waals surface area (Å²) in [4.78, 5) is 21.6. The Labute approximate surface area is 102 Å². The van der Waals surface area contributed by atoms with Gasteiger partial charge < -0.3 is 10.4 Å². The molecule has 1 amide bonds. The van der Waals surface area contributed by atoms with E-state index >= 15 is 0 Å². The second kappa shape index (κ2) is 7.87. The number of carbonyl (C=O) groups excluding carboxylic acids is 1. The van der Waals surface area contributed by atoms with Gasteiger partial charge in [0.15, 0.2) is 0 Å². The van der Waals surface area contributed by atoms with E-state index in [-0.39, 0.29) is 12.3 Å². The molecule has 0 aromatic carbocycles. The number of allylic oxidation sites excluding steroid dienone is 1. The van der Waals surface area contributed by atoms with E-state index in [4.69, 9.17) is 5.11 Å². The number of carboxylic acids is 1. The molecular formula is C13H21NO3. The van der Waals surface area contributed by atoms with Crippen molar-refractivity contribution in [2.75, 3.05) is 6.54 Å². The van der Waals surface area contributed by atoms with Gasteiger partial charge in [0.1, 0.15) is 0 Å². The van der Waals surface area contributed by atoms with E-state index in [1.807, 2.05) is 0 Å². The van der Waals surface area contributed by atoms with Crippen LogP contribution in [-0.4, -0.2) is 23.5 Å². The van der Waals surface area contributed by atoms with E-state index in [9.17, 15) is 9.59 Å². The zero-order chi connectivity index (χ0) is 12.5. The summed E-state index contributed by atoms with van der Waals surface area (Å²) in [6, 6.07) is 0. The van der Waals surface area contributed by atoms with Crippen molar-refractivity contribution < 1.29 is 14.7 Å². The minimum Gasteiger partial charge on any atom is -0.481 e. The molecule has 0 aliphatic heterocycles. The SMILES string of the molecule is O=C(O)CCCC(=O)NCCC1=CCCCC1. The lowest BCUT2D eigenvalue weighted by molar-refractivity contribution is -0.137. The number of carbonyl (C=O) groups is 2. The van der Waals surface area contributed by atoms with E-state index < -0.39 is 5.97 Å². The fraction of sp³-hybridized carbons (Fsp3) is 0.692. The Balaban J connectivity index is 2.03. The molecule has 17 heavy (non-hydrogen) atoms. The number of nitrogens with one attached hydrogen (secondary N) is 1. The van der Waals surface area contributed by atoms with Crippen LogP contribution in [-0.2, 0) is 9.59 Å². The van der Waals surface area contributed by atoms with Crippen LogP contribution in [0.1, 0.15) is 51.4 Å². The molecule has 0 bridgehead atoms. The summed E-state index contributed by atoms with van der Waals surface area (Å²) in [7, 11) is 0. The Bertz CT molecular complexity index is 297. The summed E-state index contributed by atoms with van der Waals surface area (Å²) in [5.74, 6) is -0.882. The van der Waals surface area contributed by atoms with Gasteiger partial charge in [-0.2, -0.15) is 0 Å². The number of rotatable bonds is 7. The largest absolute Gasteiger partial charge is 0.481 e. The Hall–Kier alpha value is -1.32. The van der Waals surface area contributed by atoms with Gasteiger partial charge in [0.05, 0.1) is 0 Å². The highest BCUT2D eigenvalue weighted by atomic mass is 16.4. The van der Waals surface area contributed by atoms with Gasteiger partial charge in [-0.15, -0.1) is 0 Å². The number of aliphatic carboxylic acids is 1. The third-order valence-corrected chi connectivity index (χ3v) is 2.95. The summed E-state index contributed by atoms with van der Waals surface area (Å²) >= 11 is 0. The van der Waals surface area contributed by atoms with Crippen LogP contribution in [0.5, 0.6) is 0 Å². The molecular weight excluding hydrogens is 218 g/mol. The zero-order valence-electron chi connectivity index (χ0n) is 10.2. The monoisotopic (exact) mass is 239 g/mol. The lowest BCUT2D eigenvalue weighted by atomic mass is 9.97. The average Bonchev–Trinajstić information content (AvgIpc) is 2.30. The van der Waals surface area contributed by atoms with Gasteiger partial charge in [0.25, 0.3) is 0 Å². The first-order valence-corrected chi connectivity index (χ1v) is 6.35. The smallest absolute Gasteiger partial charge is 0.303 e. The summed E-state index contributed by atoms with van der Waals surface area (Å²) < 4.78 is 0. The van der Waals surface area contributed by atoms with Crippen molar-refractivity contribution in [3.63, 3.8) is 0 Å². The van der Waals surface area contributed by atoms with Crippen LogP contribution < -0.4 is 5.32 Å². The maximum Gasteiger partial charge on any atom is 0.303 e. The second-order valence-corrected chi connectivity index (χ2v) is 4.46. The zero-order valence-corrected chi connectivity index (χ0v) is 10.2. The average molecular weight is 239 g/mol. The second-order valence-electron chi connectivity index (χ2n) is 4.46. The van der Waals surface area contributed by atoms with Crippen molar-refractivity contribution in [3.05, 3.63) is 11.6 Å². The molecule has 0 saturated carbocycles. The molecule has 0 aromatic heterocycles. The molecule has 0 heterocycles. The Kier molecular flexibility index (Phi) is 6.37. The van der Waals surface area contributed by atoms with E-state index in [0.717, 1.165) is 12.8 Å². The minimum absolute atomic E-state index is 0.0392. The molecule has 96 valence electrons. The molecule has 1 rings (SSSR count). The molecule has 0 spiro atoms. The molecule has 4 heteroatoms. The summed E-state index contributed by atoms with van der Waals surface area (Å²) in [5, 5.41) is 11.3. The highest BCUT2D eigenvalue weighted by molar-refractivity contribution is 5.76. The van der Waals surface area contributed by atoms with Crippen LogP contribution in [0, 0.1) is 0 Å². The molecule has 1 aliphatic rings. The van der Waals surface area contributed by atoms with Crippen LogP contribution in [0.15, 0.2) is 11.6 Å². The molecule has 0 unspecified atom stereocenters. The third kappa shape index (κ3) is 6.76. The van der Waals surface area contributed by atoms with Gasteiger partial charge in [-0.25, -0.2) is 0 Å². The van der Waals surface area contributed by atoms with E-state index in [0.29, 0.717) is 19.4 Å². The topological polar surface area (TPSA) is 66.4 Å². The lowest BCUT2D eigenvalue weighted by Gasteiger charge is -2.12. The van der Waals surface area contributed by atoms with Gasteiger partial charge in [0.2, 0.25) is 5.91 Å². The lowest BCUT2D eigenvalue weighted by Crippen LogP contribution is -2.24. The van der Waals surface area contributed by atoms with Crippen LogP contribution in [0.4, 0.5) is 0 Å². The maximum atomic E-state index is 11.3. The highest BCUT2D eigenvalue weighted by Gasteiger charge is 2.05. The predicted octanol–water partition coefficient (Wildman–Crippen LogP) is 2.25. The van der Waals surface area contributed by atoms with Crippen LogP contribution in [0.3, 0.4) is 0 Å². The molecule has 0 aromatic rings. The molecule has 4 nitrogen and oxygen atoms in total. The molecule has 0 atom stereocenters. The van der Waals surface area contributed by atoms with Crippen molar-refractivity contribution in [2.45, 2.75) is 51.4 Å². The van der Waals surface area contributed by atoms with Gasteiger partial charge >= 0.3 is 5.97 Å². The molecule has 2 N–H and O–H groups in total. The summed E-state index contributed by atoms with van der Waals surface area (Å²) in [5.41, 5.74) is 1.45. The van der Waals surface area contributed by atoms with E-state index in [1.165, 1.54) is 24.8 Å². The van der Waals surface area contributed by atoms with Gasteiger partial charge in [0, 0.05) is 19.4 Å². The summed E-state index contributed by atoms with van der Waals surface area (Å²) in [6.45, 7) is 0.678. The first kappa shape index (κ1) is 13.7. The van der Waals surface area contributed by atoms with Crippen LogP contribution >= 0.6 is 0 Å². The van der Waals surface area contributed by atoms with Crippen molar-refractivity contribution >= 4 is 11.9 Å². The van der Waals surface area contributed by atoms with Gasteiger partial charge in [-0.05, 0) is 38.5 Å². The minimum atomic E-state index is -0.842. The summed E-state index contributed by atoms with van der Waals surface area (Å²) in [6.07, 6.45) is 8.89. The predicted molar refractivity (Wildman–Crippen MR) is 65.7 cm³/mol. The fourth-order valence-electron chi connectivity index (χ4n) is 1.98. The number of carboxylic acid groups (broad SMARTS) is 1. The molecule has 1 aliphatic carbocycles. The number of hydrogen-bond donors (Lipinski definition) is 2. The van der Waals surface area contributed by atoms with Crippen molar-refractivity contribution in [2.24, 2.45) is 0 Å². The maximum absolute atomic E-state index is 11.3. The Morgan fingerprint density at radius 2 is 2.12 bits per heavy atom. The third-order valence-electron chi connectivity index (χ3n) is 2.95. The number of hydrogen-bond acceptors (Lipinski definition) is 2. The van der Waals surface area contributed by atoms with Gasteiger partial charge in [-0.1, -0.05) is 11.6 Å². The van der Waals surface area contributed by atoms with Crippen LogP contribution in [0.2, 0.25) is 0 Å². The van der Waals surface area contributed by atoms with E-state index in [1.54, 1.807) is 0 Å². The van der Waals surface area contributed by atoms with Crippen molar-refractivity contribution in [3.8, 4) is 0 Å². The first-order valence-electron chi connectivity index (χ1n) is 6.35. The number of amides is 1. The van der Waals surface area contributed by atoms with Crippen LogP contribution in [0.25, 0.3) is 0 Å². The quantitative estimate of drug-likeness (QED) is 0.670.